The quantitative estimate of drug-likeness (QED) is 0.495. The van der Waals surface area contributed by atoms with Crippen LogP contribution in [0.5, 0.6) is 0 Å². The van der Waals surface area contributed by atoms with Crippen molar-refractivity contribution in [3.8, 4) is 16.8 Å². The highest BCUT2D eigenvalue weighted by molar-refractivity contribution is 5.84. The first-order chi connectivity index (χ1) is 14.5. The molecule has 0 unspecified atom stereocenters. The molecule has 5 aromatic rings. The molecule has 2 aromatic carbocycles. The van der Waals surface area contributed by atoms with Crippen molar-refractivity contribution < 1.29 is 0 Å². The van der Waals surface area contributed by atoms with Crippen LogP contribution in [0.25, 0.3) is 27.7 Å². The van der Waals surface area contributed by atoms with Gasteiger partial charge in [-0.2, -0.15) is 10.2 Å². The SMILES string of the molecule is Cc1nc(C)n(-c2ccc(Nc3ncc4ccc(-c5cnn(C)c5)cc4n3)cc2)n1. The number of rotatable bonds is 4. The fourth-order valence-electron chi connectivity index (χ4n) is 3.41. The Bertz CT molecular complexity index is 1350. The third-order valence-corrected chi connectivity index (χ3v) is 4.86. The van der Waals surface area contributed by atoms with Crippen molar-refractivity contribution in [1.82, 2.24) is 34.5 Å². The Morgan fingerprint density at radius 3 is 2.43 bits per heavy atom. The molecule has 0 aliphatic carbocycles. The molecule has 8 nitrogen and oxygen atoms in total. The highest BCUT2D eigenvalue weighted by Crippen LogP contribution is 2.24. The second-order valence-corrected chi connectivity index (χ2v) is 7.16. The molecule has 1 N–H and O–H groups in total. The fourth-order valence-corrected chi connectivity index (χ4v) is 3.41. The molecule has 0 saturated carbocycles. The van der Waals surface area contributed by atoms with Crippen molar-refractivity contribution in [2.24, 2.45) is 7.05 Å². The number of nitrogens with zero attached hydrogens (tertiary/aromatic N) is 7. The number of hydrogen-bond donors (Lipinski definition) is 1. The topological polar surface area (TPSA) is 86.3 Å². The van der Waals surface area contributed by atoms with Crippen molar-refractivity contribution in [1.29, 1.82) is 0 Å². The average molecular weight is 396 g/mol. The minimum Gasteiger partial charge on any atom is -0.324 e. The maximum atomic E-state index is 4.68. The Morgan fingerprint density at radius 1 is 0.900 bits per heavy atom. The van der Waals surface area contributed by atoms with E-state index in [-0.39, 0.29) is 0 Å². The van der Waals surface area contributed by atoms with E-state index in [0.717, 1.165) is 45.1 Å². The Kier molecular flexibility index (Phi) is 4.24. The van der Waals surface area contributed by atoms with Gasteiger partial charge in [0.2, 0.25) is 5.95 Å². The van der Waals surface area contributed by atoms with Gasteiger partial charge in [0.1, 0.15) is 11.6 Å². The predicted octanol–water partition coefficient (Wildman–Crippen LogP) is 3.97. The van der Waals surface area contributed by atoms with Gasteiger partial charge < -0.3 is 5.32 Å². The number of aryl methyl sites for hydroxylation is 3. The van der Waals surface area contributed by atoms with E-state index in [1.54, 1.807) is 4.68 Å². The number of fused-ring (bicyclic) bond motifs is 1. The van der Waals surface area contributed by atoms with E-state index in [4.69, 9.17) is 0 Å². The number of nitrogens with one attached hydrogen (secondary N) is 1. The molecule has 3 aromatic heterocycles. The van der Waals surface area contributed by atoms with Gasteiger partial charge in [-0.1, -0.05) is 12.1 Å². The molecule has 0 bridgehead atoms. The van der Waals surface area contributed by atoms with Gasteiger partial charge in [-0.15, -0.1) is 0 Å². The van der Waals surface area contributed by atoms with Crippen LogP contribution in [0.2, 0.25) is 0 Å². The third kappa shape index (κ3) is 3.39. The van der Waals surface area contributed by atoms with Crippen LogP contribution in [0.15, 0.2) is 61.1 Å². The van der Waals surface area contributed by atoms with Gasteiger partial charge in [0.25, 0.3) is 0 Å². The monoisotopic (exact) mass is 396 g/mol. The fraction of sp³-hybridized carbons (Fsp3) is 0.136. The molecule has 8 heteroatoms. The van der Waals surface area contributed by atoms with E-state index < -0.39 is 0 Å². The lowest BCUT2D eigenvalue weighted by Crippen LogP contribution is -2.00. The molecule has 0 radical (unpaired) electrons. The van der Waals surface area contributed by atoms with E-state index >= 15 is 0 Å². The Hall–Kier alpha value is -4.07. The first kappa shape index (κ1) is 18.0. The molecule has 0 atom stereocenters. The minimum absolute atomic E-state index is 0.548. The lowest BCUT2D eigenvalue weighted by Gasteiger charge is -2.08. The summed E-state index contributed by atoms with van der Waals surface area (Å²) in [4.78, 5) is 13.5. The Morgan fingerprint density at radius 2 is 1.73 bits per heavy atom. The summed E-state index contributed by atoms with van der Waals surface area (Å²) >= 11 is 0. The minimum atomic E-state index is 0.548. The zero-order valence-corrected chi connectivity index (χ0v) is 16.9. The second kappa shape index (κ2) is 7.07. The first-order valence-corrected chi connectivity index (χ1v) is 9.59. The van der Waals surface area contributed by atoms with Crippen LogP contribution >= 0.6 is 0 Å². The second-order valence-electron chi connectivity index (χ2n) is 7.16. The summed E-state index contributed by atoms with van der Waals surface area (Å²) in [5.74, 6) is 2.16. The lowest BCUT2D eigenvalue weighted by molar-refractivity contribution is 0.768. The van der Waals surface area contributed by atoms with Crippen LogP contribution in [0.4, 0.5) is 11.6 Å². The molecule has 0 aliphatic heterocycles. The van der Waals surface area contributed by atoms with Crippen LogP contribution in [-0.4, -0.2) is 34.5 Å². The average Bonchev–Trinajstić information content (AvgIpc) is 3.32. The predicted molar refractivity (Wildman–Crippen MR) is 116 cm³/mol. The Balaban J connectivity index is 1.41. The van der Waals surface area contributed by atoms with E-state index in [9.17, 15) is 0 Å². The van der Waals surface area contributed by atoms with Crippen LogP contribution in [0, 0.1) is 13.8 Å². The van der Waals surface area contributed by atoms with Gasteiger partial charge in [0.05, 0.1) is 17.4 Å². The number of benzene rings is 2. The molecule has 5 rings (SSSR count). The van der Waals surface area contributed by atoms with Gasteiger partial charge in [-0.05, 0) is 49.7 Å². The van der Waals surface area contributed by atoms with Crippen molar-refractivity contribution in [3.63, 3.8) is 0 Å². The Labute approximate surface area is 173 Å². The number of hydrogen-bond acceptors (Lipinski definition) is 6. The van der Waals surface area contributed by atoms with Crippen LogP contribution in [-0.2, 0) is 7.05 Å². The van der Waals surface area contributed by atoms with Crippen LogP contribution in [0.3, 0.4) is 0 Å². The summed E-state index contributed by atoms with van der Waals surface area (Å²) in [7, 11) is 1.91. The molecule has 148 valence electrons. The van der Waals surface area contributed by atoms with Crippen LogP contribution in [0.1, 0.15) is 11.6 Å². The van der Waals surface area contributed by atoms with E-state index in [1.165, 1.54) is 0 Å². The smallest absolute Gasteiger partial charge is 0.227 e. The molecule has 0 fully saturated rings. The van der Waals surface area contributed by atoms with Crippen molar-refractivity contribution in [2.75, 3.05) is 5.32 Å². The molecule has 0 spiro atoms. The highest BCUT2D eigenvalue weighted by atomic mass is 15.3. The maximum Gasteiger partial charge on any atom is 0.227 e. The number of aromatic nitrogens is 7. The summed E-state index contributed by atoms with van der Waals surface area (Å²) in [6, 6.07) is 14.1. The van der Waals surface area contributed by atoms with Gasteiger partial charge >= 0.3 is 0 Å². The number of anilines is 2. The van der Waals surface area contributed by atoms with E-state index in [2.05, 4.69) is 42.6 Å². The van der Waals surface area contributed by atoms with Gasteiger partial charge in [-0.25, -0.2) is 19.6 Å². The van der Waals surface area contributed by atoms with Crippen molar-refractivity contribution in [3.05, 3.63) is 72.7 Å². The summed E-state index contributed by atoms with van der Waals surface area (Å²) < 4.78 is 3.61. The summed E-state index contributed by atoms with van der Waals surface area (Å²) in [5, 5.41) is 12.9. The summed E-state index contributed by atoms with van der Waals surface area (Å²) in [6.45, 7) is 3.82. The first-order valence-electron chi connectivity index (χ1n) is 9.59. The van der Waals surface area contributed by atoms with E-state index in [1.807, 2.05) is 74.5 Å². The van der Waals surface area contributed by atoms with Gasteiger partial charge in [-0.3, -0.25) is 4.68 Å². The lowest BCUT2D eigenvalue weighted by atomic mass is 10.1. The molecule has 0 aliphatic rings. The molecular formula is C22H20N8. The molecule has 3 heterocycles. The zero-order chi connectivity index (χ0) is 20.7. The summed E-state index contributed by atoms with van der Waals surface area (Å²) in [6.07, 6.45) is 5.66. The van der Waals surface area contributed by atoms with Gasteiger partial charge in [0.15, 0.2) is 0 Å². The summed E-state index contributed by atoms with van der Waals surface area (Å²) in [5.41, 5.74) is 4.86. The van der Waals surface area contributed by atoms with Crippen molar-refractivity contribution in [2.45, 2.75) is 13.8 Å². The van der Waals surface area contributed by atoms with E-state index in [0.29, 0.717) is 5.95 Å². The molecular weight excluding hydrogens is 376 g/mol. The maximum absolute atomic E-state index is 4.68. The third-order valence-electron chi connectivity index (χ3n) is 4.86. The molecule has 30 heavy (non-hydrogen) atoms. The van der Waals surface area contributed by atoms with Crippen LogP contribution < -0.4 is 5.32 Å². The van der Waals surface area contributed by atoms with Crippen molar-refractivity contribution >= 4 is 22.5 Å². The van der Waals surface area contributed by atoms with Gasteiger partial charge in [0, 0.05) is 36.1 Å². The standard InChI is InChI=1S/C22H20N8/c1-14-25-15(2)30(28-14)20-8-6-19(7-9-20)26-22-23-11-17-5-4-16(10-21(17)27-22)18-12-24-29(3)13-18/h4-13H,1-3H3,(H,23,26,27). The molecule has 0 saturated heterocycles. The normalized spacial score (nSPS) is 11.2. The highest BCUT2D eigenvalue weighted by Gasteiger charge is 2.07. The molecule has 0 amide bonds. The zero-order valence-electron chi connectivity index (χ0n) is 16.9. The largest absolute Gasteiger partial charge is 0.324 e.